The van der Waals surface area contributed by atoms with Crippen molar-refractivity contribution in [2.24, 2.45) is 11.3 Å². The molecule has 2 aliphatic carbocycles. The van der Waals surface area contributed by atoms with Crippen molar-refractivity contribution in [2.75, 3.05) is 13.1 Å². The minimum absolute atomic E-state index is 0.0104. The molecule has 3 unspecified atom stereocenters. The van der Waals surface area contributed by atoms with Crippen LogP contribution in [0.25, 0.3) is 11.8 Å². The fourth-order valence-electron chi connectivity index (χ4n) is 6.51. The number of urea groups is 1. The Labute approximate surface area is 212 Å². The van der Waals surface area contributed by atoms with Crippen molar-refractivity contribution >= 4 is 12.1 Å². The van der Waals surface area contributed by atoms with Gasteiger partial charge in [0.15, 0.2) is 0 Å². The number of nitrogens with zero attached hydrogens (tertiary/aromatic N) is 3. The Balaban J connectivity index is 1.26. The number of fused-ring (bicyclic) bond motifs is 2. The number of rotatable bonds is 5. The van der Waals surface area contributed by atoms with Crippen molar-refractivity contribution in [3.05, 3.63) is 89.0 Å². The maximum absolute atomic E-state index is 13.5. The molecule has 2 heterocycles. The van der Waals surface area contributed by atoms with Gasteiger partial charge in [-0.3, -0.25) is 0 Å². The Morgan fingerprint density at radius 3 is 2.64 bits per heavy atom. The van der Waals surface area contributed by atoms with E-state index in [0.717, 1.165) is 63.0 Å². The minimum atomic E-state index is -0.242. The van der Waals surface area contributed by atoms with Gasteiger partial charge >= 0.3 is 6.03 Å². The van der Waals surface area contributed by atoms with E-state index in [-0.39, 0.29) is 23.3 Å². The average molecular weight is 485 g/mol. The number of aromatic nitrogens is 2. The number of carbonyl (C=O) groups is 1. The van der Waals surface area contributed by atoms with Crippen LogP contribution in [0.5, 0.6) is 0 Å². The van der Waals surface area contributed by atoms with E-state index in [1.807, 2.05) is 21.8 Å². The second-order valence-corrected chi connectivity index (χ2v) is 10.8. The van der Waals surface area contributed by atoms with Crippen LogP contribution in [0, 0.1) is 17.2 Å². The minimum Gasteiger partial charge on any atom is -0.331 e. The Morgan fingerprint density at radius 2 is 1.89 bits per heavy atom. The average Bonchev–Trinajstić information content (AvgIpc) is 3.63. The number of allylic oxidation sites excluding steroid dienone is 1. The second kappa shape index (κ2) is 9.23. The first kappa shape index (κ1) is 23.0. The molecule has 1 aromatic heterocycles. The number of hydrogen-bond acceptors (Lipinski definition) is 2. The molecule has 2 aromatic carbocycles. The van der Waals surface area contributed by atoms with E-state index < -0.39 is 0 Å². The summed E-state index contributed by atoms with van der Waals surface area (Å²) in [6.07, 6.45) is 10.5. The van der Waals surface area contributed by atoms with Gasteiger partial charge in [0.05, 0.1) is 23.6 Å². The van der Waals surface area contributed by atoms with E-state index in [2.05, 4.69) is 47.7 Å². The third-order valence-corrected chi connectivity index (χ3v) is 8.64. The highest BCUT2D eigenvalue weighted by Crippen LogP contribution is 2.55. The van der Waals surface area contributed by atoms with Gasteiger partial charge in [0, 0.05) is 13.1 Å². The van der Waals surface area contributed by atoms with Crippen molar-refractivity contribution in [3.63, 3.8) is 0 Å². The smallest absolute Gasteiger partial charge is 0.317 e. The third-order valence-electron chi connectivity index (χ3n) is 8.64. The zero-order valence-electron chi connectivity index (χ0n) is 20.8. The molecule has 1 saturated heterocycles. The number of amides is 2. The fourth-order valence-corrected chi connectivity index (χ4v) is 6.51. The predicted octanol–water partition coefficient (Wildman–Crippen LogP) is 6.30. The molecule has 0 radical (unpaired) electrons. The van der Waals surface area contributed by atoms with E-state index in [0.29, 0.717) is 5.92 Å². The number of hydrogen-bond donors (Lipinski definition) is 1. The quantitative estimate of drug-likeness (QED) is 0.462. The number of benzene rings is 2. The van der Waals surface area contributed by atoms with Crippen LogP contribution < -0.4 is 5.32 Å². The van der Waals surface area contributed by atoms with Gasteiger partial charge in [0.2, 0.25) is 0 Å². The Hall–Kier alpha value is -3.41. The van der Waals surface area contributed by atoms with E-state index in [9.17, 15) is 9.18 Å². The number of carbonyl (C=O) groups excluding carboxylic acids is 1. The van der Waals surface area contributed by atoms with Crippen LogP contribution in [0.3, 0.4) is 0 Å². The first-order valence-corrected chi connectivity index (χ1v) is 13.2. The normalized spacial score (nSPS) is 23.7. The molecule has 2 amide bonds. The summed E-state index contributed by atoms with van der Waals surface area (Å²) in [5, 5.41) is 8.04. The van der Waals surface area contributed by atoms with Crippen LogP contribution in [0.4, 0.5) is 9.18 Å². The highest BCUT2D eigenvalue weighted by molar-refractivity contribution is 5.75. The lowest BCUT2D eigenvalue weighted by molar-refractivity contribution is 0.193. The summed E-state index contributed by atoms with van der Waals surface area (Å²) >= 11 is 0. The first-order valence-electron chi connectivity index (χ1n) is 13.2. The summed E-state index contributed by atoms with van der Waals surface area (Å²) in [6.45, 7) is 4.09. The molecule has 2 fully saturated rings. The van der Waals surface area contributed by atoms with Crippen molar-refractivity contribution in [2.45, 2.75) is 51.5 Å². The zero-order valence-corrected chi connectivity index (χ0v) is 20.8. The van der Waals surface area contributed by atoms with E-state index in [1.165, 1.54) is 28.8 Å². The summed E-state index contributed by atoms with van der Waals surface area (Å²) in [6, 6.07) is 17.0. The maximum atomic E-state index is 13.5. The lowest BCUT2D eigenvalue weighted by atomic mass is 9.68. The first-order chi connectivity index (χ1) is 17.5. The fraction of sp³-hybridized carbons (Fsp3) is 0.400. The van der Waals surface area contributed by atoms with E-state index >= 15 is 0 Å². The second-order valence-electron chi connectivity index (χ2n) is 10.8. The van der Waals surface area contributed by atoms with Crippen molar-refractivity contribution < 1.29 is 9.18 Å². The van der Waals surface area contributed by atoms with Crippen LogP contribution in [0.2, 0.25) is 0 Å². The largest absolute Gasteiger partial charge is 0.331 e. The summed E-state index contributed by atoms with van der Waals surface area (Å²) in [5.74, 6) is 0.212. The van der Waals surface area contributed by atoms with Crippen LogP contribution >= 0.6 is 0 Å². The van der Waals surface area contributed by atoms with Gasteiger partial charge < -0.3 is 10.2 Å². The molecule has 0 bridgehead atoms. The van der Waals surface area contributed by atoms with Gasteiger partial charge in [-0.15, -0.1) is 0 Å². The standard InChI is InChI=1S/C30H33FN4O/c1-30-19-22-20-32-35(26-13-11-25(31)12-14-26)28(22)18-24(30)10-9-23(30)17-27(21-7-3-2-4-8-21)33-29(36)34-15-5-6-16-34/h2-4,7-8,11-14,18,20,23,27H,5-6,9-10,15-17,19H2,1H3,(H,33,36). The summed E-state index contributed by atoms with van der Waals surface area (Å²) in [7, 11) is 0. The van der Waals surface area contributed by atoms with E-state index in [4.69, 9.17) is 0 Å². The molecule has 6 rings (SSSR count). The predicted molar refractivity (Wildman–Crippen MR) is 139 cm³/mol. The number of halogens is 1. The molecule has 3 aliphatic rings. The van der Waals surface area contributed by atoms with Gasteiger partial charge in [-0.2, -0.15) is 5.10 Å². The molecule has 36 heavy (non-hydrogen) atoms. The number of likely N-dealkylation sites (tertiary alicyclic amines) is 1. The third kappa shape index (κ3) is 4.12. The lowest BCUT2D eigenvalue weighted by Gasteiger charge is -2.38. The lowest BCUT2D eigenvalue weighted by Crippen LogP contribution is -2.41. The molecule has 1 aliphatic heterocycles. The van der Waals surface area contributed by atoms with Gasteiger partial charge in [0.25, 0.3) is 0 Å². The molecule has 1 N–H and O–H groups in total. The summed E-state index contributed by atoms with van der Waals surface area (Å²) in [4.78, 5) is 15.0. The van der Waals surface area contributed by atoms with Crippen molar-refractivity contribution in [1.29, 1.82) is 0 Å². The van der Waals surface area contributed by atoms with Crippen LogP contribution in [-0.4, -0.2) is 33.8 Å². The van der Waals surface area contributed by atoms with Crippen LogP contribution in [-0.2, 0) is 6.42 Å². The molecule has 186 valence electrons. The Kier molecular flexibility index (Phi) is 5.90. The molecule has 1 saturated carbocycles. The molecule has 3 atom stereocenters. The van der Waals surface area contributed by atoms with Crippen LogP contribution in [0.15, 0.2) is 66.4 Å². The topological polar surface area (TPSA) is 50.2 Å². The molecule has 5 nitrogen and oxygen atoms in total. The monoisotopic (exact) mass is 484 g/mol. The van der Waals surface area contributed by atoms with Gasteiger partial charge in [-0.25, -0.2) is 13.9 Å². The number of nitrogens with one attached hydrogen (secondary N) is 1. The molecule has 6 heteroatoms. The van der Waals surface area contributed by atoms with Crippen molar-refractivity contribution in [3.8, 4) is 5.69 Å². The van der Waals surface area contributed by atoms with Gasteiger partial charge in [0.1, 0.15) is 5.82 Å². The highest BCUT2D eigenvalue weighted by Gasteiger charge is 2.46. The van der Waals surface area contributed by atoms with Gasteiger partial charge in [-0.1, -0.05) is 42.8 Å². The SMILES string of the molecule is CC12Cc3cnn(-c4ccc(F)cc4)c3C=C1CCC2CC(NC(=O)N1CCCC1)c1ccccc1. The molecular formula is C30H33FN4O. The van der Waals surface area contributed by atoms with Crippen molar-refractivity contribution in [1.82, 2.24) is 20.0 Å². The molecule has 0 spiro atoms. The maximum Gasteiger partial charge on any atom is 0.317 e. The van der Waals surface area contributed by atoms with E-state index in [1.54, 1.807) is 12.1 Å². The Morgan fingerprint density at radius 1 is 1.14 bits per heavy atom. The molecular weight excluding hydrogens is 451 g/mol. The highest BCUT2D eigenvalue weighted by atomic mass is 19.1. The summed E-state index contributed by atoms with van der Waals surface area (Å²) < 4.78 is 15.4. The summed E-state index contributed by atoms with van der Waals surface area (Å²) in [5.41, 5.74) is 5.89. The zero-order chi connectivity index (χ0) is 24.7. The van der Waals surface area contributed by atoms with Crippen LogP contribution in [0.1, 0.15) is 61.9 Å². The molecule has 3 aromatic rings. The Bertz CT molecular complexity index is 1280. The van der Waals surface area contributed by atoms with Gasteiger partial charge in [-0.05, 0) is 91.3 Å².